The van der Waals surface area contributed by atoms with E-state index >= 15 is 0 Å². The maximum Gasteiger partial charge on any atom is 0.226 e. The number of fused-ring (bicyclic) bond motifs is 1. The summed E-state index contributed by atoms with van der Waals surface area (Å²) >= 11 is 0. The zero-order chi connectivity index (χ0) is 23.2. The van der Waals surface area contributed by atoms with Crippen molar-refractivity contribution in [3.05, 3.63) is 59.4 Å². The summed E-state index contributed by atoms with van der Waals surface area (Å²) in [4.78, 5) is 25.1. The Morgan fingerprint density at radius 2 is 1.76 bits per heavy atom. The van der Waals surface area contributed by atoms with E-state index in [-0.39, 0.29) is 5.91 Å². The number of rotatable bonds is 10. The number of nitrogens with one attached hydrogen (secondary N) is 1. The van der Waals surface area contributed by atoms with Gasteiger partial charge in [0.1, 0.15) is 11.6 Å². The third-order valence-electron chi connectivity index (χ3n) is 7.05. The Morgan fingerprint density at radius 1 is 0.941 bits per heavy atom. The number of imidazole rings is 1. The minimum absolute atomic E-state index is 0.227. The van der Waals surface area contributed by atoms with E-state index in [0.29, 0.717) is 13.0 Å². The molecule has 2 aromatic carbocycles. The lowest BCUT2D eigenvalue weighted by Crippen LogP contribution is -2.29. The van der Waals surface area contributed by atoms with Gasteiger partial charge in [0.15, 0.2) is 0 Å². The summed E-state index contributed by atoms with van der Waals surface area (Å²) in [6.07, 6.45) is 8.22. The van der Waals surface area contributed by atoms with Crippen LogP contribution in [0.2, 0.25) is 0 Å². The SMILES string of the molecule is O=C(Cc1ccc2[nH]c(CCCOc3cccc(CCN4CCCC4)c3)nc2c1)N1CCCC1. The van der Waals surface area contributed by atoms with Crippen LogP contribution in [0.5, 0.6) is 5.75 Å². The smallest absolute Gasteiger partial charge is 0.226 e. The number of benzene rings is 2. The second kappa shape index (κ2) is 11.0. The van der Waals surface area contributed by atoms with Crippen molar-refractivity contribution in [2.24, 2.45) is 0 Å². The molecule has 1 aromatic heterocycles. The van der Waals surface area contributed by atoms with Crippen LogP contribution in [0.25, 0.3) is 11.0 Å². The van der Waals surface area contributed by atoms with Crippen molar-refractivity contribution >= 4 is 16.9 Å². The first-order valence-corrected chi connectivity index (χ1v) is 12.9. The van der Waals surface area contributed by atoms with Crippen molar-refractivity contribution in [2.45, 2.75) is 51.4 Å². The monoisotopic (exact) mass is 460 g/mol. The van der Waals surface area contributed by atoms with Gasteiger partial charge < -0.3 is 19.5 Å². The largest absolute Gasteiger partial charge is 0.494 e. The number of aryl methyl sites for hydroxylation is 1. The Morgan fingerprint density at radius 3 is 2.62 bits per heavy atom. The maximum atomic E-state index is 12.4. The van der Waals surface area contributed by atoms with E-state index in [2.05, 4.69) is 28.1 Å². The molecule has 2 aliphatic heterocycles. The van der Waals surface area contributed by atoms with Gasteiger partial charge >= 0.3 is 0 Å². The van der Waals surface area contributed by atoms with Crippen LogP contribution in [0, 0.1) is 0 Å². The number of H-pyrrole nitrogens is 1. The van der Waals surface area contributed by atoms with Crippen LogP contribution in [0.15, 0.2) is 42.5 Å². The molecule has 3 aromatic rings. The Kier molecular flexibility index (Phi) is 7.44. The second-order valence-electron chi connectivity index (χ2n) is 9.70. The number of amides is 1. The van der Waals surface area contributed by atoms with Crippen LogP contribution < -0.4 is 4.74 Å². The van der Waals surface area contributed by atoms with Gasteiger partial charge in [0.2, 0.25) is 5.91 Å². The number of hydrogen-bond acceptors (Lipinski definition) is 4. The average Bonchev–Trinajstić information content (AvgIpc) is 3.62. The summed E-state index contributed by atoms with van der Waals surface area (Å²) in [5.41, 5.74) is 4.35. The van der Waals surface area contributed by atoms with Gasteiger partial charge in [-0.3, -0.25) is 4.79 Å². The van der Waals surface area contributed by atoms with E-state index in [9.17, 15) is 4.79 Å². The highest BCUT2D eigenvalue weighted by Crippen LogP contribution is 2.18. The van der Waals surface area contributed by atoms with Crippen molar-refractivity contribution in [3.8, 4) is 5.75 Å². The number of hydrogen-bond donors (Lipinski definition) is 1. The standard InChI is InChI=1S/C28H36N4O2/c33-28(32-15-3-4-16-32)21-23-10-11-25-26(20-23)30-27(29-25)9-6-18-34-24-8-5-7-22(19-24)12-17-31-13-1-2-14-31/h5,7-8,10-11,19-20H,1-4,6,9,12-18,21H2,(H,29,30). The quantitative estimate of drug-likeness (QED) is 0.456. The highest BCUT2D eigenvalue weighted by Gasteiger charge is 2.18. The number of nitrogens with zero attached hydrogens (tertiary/aromatic N) is 3. The van der Waals surface area contributed by atoms with E-state index in [4.69, 9.17) is 9.72 Å². The highest BCUT2D eigenvalue weighted by atomic mass is 16.5. The van der Waals surface area contributed by atoms with Gasteiger partial charge in [0.05, 0.1) is 24.1 Å². The lowest BCUT2D eigenvalue weighted by Gasteiger charge is -2.14. The lowest BCUT2D eigenvalue weighted by atomic mass is 10.1. The molecule has 0 radical (unpaired) electrons. The third kappa shape index (κ3) is 5.98. The van der Waals surface area contributed by atoms with Crippen molar-refractivity contribution in [1.82, 2.24) is 19.8 Å². The molecule has 0 saturated carbocycles. The minimum Gasteiger partial charge on any atom is -0.494 e. The molecule has 180 valence electrons. The molecule has 0 unspecified atom stereocenters. The van der Waals surface area contributed by atoms with Crippen LogP contribution in [0.1, 0.15) is 49.1 Å². The number of carbonyl (C=O) groups excluding carboxylic acids is 1. The third-order valence-corrected chi connectivity index (χ3v) is 7.05. The molecule has 1 N–H and O–H groups in total. The predicted molar refractivity (Wildman–Crippen MR) is 135 cm³/mol. The molecule has 6 nitrogen and oxygen atoms in total. The molecular formula is C28H36N4O2. The van der Waals surface area contributed by atoms with Crippen molar-refractivity contribution in [2.75, 3.05) is 39.3 Å². The Bertz CT molecular complexity index is 1100. The lowest BCUT2D eigenvalue weighted by molar-refractivity contribution is -0.129. The van der Waals surface area contributed by atoms with Gasteiger partial charge in [-0.25, -0.2) is 4.98 Å². The van der Waals surface area contributed by atoms with E-state index in [1.54, 1.807) is 0 Å². The van der Waals surface area contributed by atoms with Gasteiger partial charge in [0.25, 0.3) is 0 Å². The van der Waals surface area contributed by atoms with Crippen LogP contribution in [0.3, 0.4) is 0 Å². The fourth-order valence-corrected chi connectivity index (χ4v) is 5.10. The summed E-state index contributed by atoms with van der Waals surface area (Å²) in [5.74, 6) is 2.15. The normalized spacial score (nSPS) is 16.5. The molecule has 0 bridgehead atoms. The molecule has 34 heavy (non-hydrogen) atoms. The molecular weight excluding hydrogens is 424 g/mol. The molecule has 2 fully saturated rings. The maximum absolute atomic E-state index is 12.4. The fraction of sp³-hybridized carbons (Fsp3) is 0.500. The van der Waals surface area contributed by atoms with Gasteiger partial charge in [0, 0.05) is 26.1 Å². The zero-order valence-corrected chi connectivity index (χ0v) is 20.1. The van der Waals surface area contributed by atoms with E-state index in [0.717, 1.165) is 79.9 Å². The first kappa shape index (κ1) is 22.9. The van der Waals surface area contributed by atoms with Crippen LogP contribution in [-0.4, -0.2) is 65.0 Å². The summed E-state index contributed by atoms with van der Waals surface area (Å²) in [6, 6.07) is 14.7. The van der Waals surface area contributed by atoms with E-state index in [1.165, 1.54) is 31.5 Å². The topological polar surface area (TPSA) is 61.5 Å². The molecule has 0 atom stereocenters. The van der Waals surface area contributed by atoms with Gasteiger partial charge in [-0.1, -0.05) is 18.2 Å². The van der Waals surface area contributed by atoms with E-state index < -0.39 is 0 Å². The first-order valence-electron chi connectivity index (χ1n) is 12.9. The Hall–Kier alpha value is -2.86. The molecule has 1 amide bonds. The number of likely N-dealkylation sites (tertiary alicyclic amines) is 2. The summed E-state index contributed by atoms with van der Waals surface area (Å²) in [6.45, 7) is 6.11. The molecule has 0 aliphatic carbocycles. The van der Waals surface area contributed by atoms with Crippen LogP contribution in [0.4, 0.5) is 0 Å². The second-order valence-corrected chi connectivity index (χ2v) is 9.70. The molecule has 2 saturated heterocycles. The molecule has 5 rings (SSSR count). The highest BCUT2D eigenvalue weighted by molar-refractivity contribution is 5.82. The molecule has 6 heteroatoms. The Balaban J connectivity index is 1.08. The first-order chi connectivity index (χ1) is 16.7. The summed E-state index contributed by atoms with van der Waals surface area (Å²) in [5, 5.41) is 0. The van der Waals surface area contributed by atoms with Crippen molar-refractivity contribution < 1.29 is 9.53 Å². The number of ether oxygens (including phenoxy) is 1. The number of carbonyl (C=O) groups is 1. The molecule has 3 heterocycles. The Labute approximate surface area is 202 Å². The van der Waals surface area contributed by atoms with Crippen molar-refractivity contribution in [1.29, 1.82) is 0 Å². The fourth-order valence-electron chi connectivity index (χ4n) is 5.10. The van der Waals surface area contributed by atoms with Crippen LogP contribution in [-0.2, 0) is 24.1 Å². The summed E-state index contributed by atoms with van der Waals surface area (Å²) < 4.78 is 6.03. The molecule has 0 spiro atoms. The predicted octanol–water partition coefficient (Wildman–Crippen LogP) is 4.38. The van der Waals surface area contributed by atoms with Gasteiger partial charge in [-0.05, 0) is 87.0 Å². The molecule has 2 aliphatic rings. The summed E-state index contributed by atoms with van der Waals surface area (Å²) in [7, 11) is 0. The van der Waals surface area contributed by atoms with E-state index in [1.807, 2.05) is 29.2 Å². The van der Waals surface area contributed by atoms with Gasteiger partial charge in [-0.15, -0.1) is 0 Å². The average molecular weight is 461 g/mol. The number of aromatic nitrogens is 2. The number of aromatic amines is 1. The zero-order valence-electron chi connectivity index (χ0n) is 20.1. The van der Waals surface area contributed by atoms with Gasteiger partial charge in [-0.2, -0.15) is 0 Å². The van der Waals surface area contributed by atoms with Crippen molar-refractivity contribution in [3.63, 3.8) is 0 Å². The van der Waals surface area contributed by atoms with Crippen LogP contribution >= 0.6 is 0 Å². The minimum atomic E-state index is 0.227.